The largest absolute Gasteiger partial charge is 0.545 e. The van der Waals surface area contributed by atoms with Gasteiger partial charge < -0.3 is 33.3 Å². The third kappa shape index (κ3) is 78.9. The molecule has 2 atom stereocenters. The Labute approximate surface area is 599 Å². The highest BCUT2D eigenvalue weighted by atomic mass is 16.7. The monoisotopic (exact) mass is 1350 g/mol. The van der Waals surface area contributed by atoms with Crippen LogP contribution < -0.4 is 5.11 Å². The van der Waals surface area contributed by atoms with Gasteiger partial charge in [-0.25, -0.2) is 0 Å². The number of ether oxygens (including phenoxy) is 4. The second-order valence-corrected chi connectivity index (χ2v) is 28.3. The maximum Gasteiger partial charge on any atom is 0.306 e. The number of quaternary nitrogens is 1. The van der Waals surface area contributed by atoms with Crippen LogP contribution in [-0.4, -0.2) is 82.3 Å². The predicted molar refractivity (Wildman–Crippen MR) is 417 cm³/mol. The van der Waals surface area contributed by atoms with E-state index in [1.807, 2.05) is 21.1 Å². The van der Waals surface area contributed by atoms with Crippen LogP contribution >= 0.6 is 0 Å². The van der Waals surface area contributed by atoms with Crippen LogP contribution in [0.2, 0.25) is 0 Å². The lowest BCUT2D eigenvalue weighted by molar-refractivity contribution is -0.870. The van der Waals surface area contributed by atoms with E-state index >= 15 is 0 Å². The second kappa shape index (κ2) is 77.4. The zero-order chi connectivity index (χ0) is 70.4. The van der Waals surface area contributed by atoms with E-state index in [0.29, 0.717) is 17.4 Å². The van der Waals surface area contributed by atoms with Crippen molar-refractivity contribution < 1.29 is 42.9 Å². The number of likely N-dealkylation sites (N-methyl/N-ethyl adjacent to an activating group) is 1. The van der Waals surface area contributed by atoms with Crippen molar-refractivity contribution in [1.29, 1.82) is 0 Å². The summed E-state index contributed by atoms with van der Waals surface area (Å²) in [7, 11) is 5.93. The fraction of sp³-hybridized carbons (Fsp3) is 0.739. The van der Waals surface area contributed by atoms with Crippen LogP contribution in [0.5, 0.6) is 0 Å². The molecule has 0 aromatic heterocycles. The zero-order valence-electron chi connectivity index (χ0n) is 63.9. The first-order valence-corrected chi connectivity index (χ1v) is 40.7. The van der Waals surface area contributed by atoms with E-state index in [0.717, 1.165) is 109 Å². The standard InChI is InChI=1S/C88H153NO8/c1-6-8-10-12-14-16-18-20-22-24-26-28-30-32-34-36-38-40-41-42-43-44-45-47-48-50-52-54-56-58-60-62-64-66-68-70-72-74-76-78-85(90)95-82-84(83-96-88(87(92)93)94-81-80-89(3,4)5)97-86(91)79-77-75-73-71-69-67-65-63-61-59-57-55-53-51-49-46-39-37-35-33-31-29-27-25-23-21-19-17-15-13-11-9-7-2/h9,11,15,17,21,23-24,26-27,29,33,35,39,46,51,53,57,59,63,65,84,88H,6-8,10,12-14,16,18-20,22,25,28,30-32,34,36-38,40-45,47-50,52,54-56,58,60-62,64,66-83H2,1-5H3/b11-9-,17-15-,23-21-,26-24-,29-27-,35-33-,46-39-,53-51-,59-57-,65-63-. The SMILES string of the molecule is CC/C=C\C/C=C\C/C=C\C/C=C\C/C=C\C/C=C\C/C=C\C/C=C\C/C=C\CCCCCCCC(=O)OC(COC(=O)CCCCCCCCCCCCCCCCCCCCCCCCCCCCC/C=C\CCCCCCCCCC)COC(OCC[N+](C)(C)C)C(=O)[O-]. The Morgan fingerprint density at radius 2 is 0.588 bits per heavy atom. The van der Waals surface area contributed by atoms with Gasteiger partial charge in [0.1, 0.15) is 13.2 Å². The molecule has 0 aliphatic heterocycles. The van der Waals surface area contributed by atoms with Crippen molar-refractivity contribution in [3.05, 3.63) is 122 Å². The Morgan fingerprint density at radius 1 is 0.320 bits per heavy atom. The molecule has 0 N–H and O–H groups in total. The summed E-state index contributed by atoms with van der Waals surface area (Å²) in [6, 6.07) is 0. The van der Waals surface area contributed by atoms with Gasteiger partial charge in [-0.1, -0.05) is 360 Å². The molecule has 0 saturated carbocycles. The molecule has 0 aromatic rings. The van der Waals surface area contributed by atoms with E-state index in [9.17, 15) is 19.5 Å². The lowest BCUT2D eigenvalue weighted by Crippen LogP contribution is -2.44. The van der Waals surface area contributed by atoms with Crippen molar-refractivity contribution in [1.82, 2.24) is 0 Å². The minimum Gasteiger partial charge on any atom is -0.545 e. The minimum atomic E-state index is -1.63. The summed E-state index contributed by atoms with van der Waals surface area (Å²) >= 11 is 0. The average Bonchev–Trinajstić information content (AvgIpc) is 2.59. The Balaban J connectivity index is 4.05. The molecule has 0 fully saturated rings. The fourth-order valence-corrected chi connectivity index (χ4v) is 11.5. The Hall–Kier alpha value is -4.31. The van der Waals surface area contributed by atoms with Crippen LogP contribution in [0.15, 0.2) is 122 Å². The molecule has 0 aliphatic carbocycles. The summed E-state index contributed by atoms with van der Waals surface area (Å²) in [6.07, 6.45) is 108. The summed E-state index contributed by atoms with van der Waals surface area (Å²) in [5.74, 6) is -2.30. The van der Waals surface area contributed by atoms with E-state index in [1.165, 1.54) is 218 Å². The molecule has 9 heteroatoms. The van der Waals surface area contributed by atoms with Crippen molar-refractivity contribution in [2.24, 2.45) is 0 Å². The molecule has 97 heavy (non-hydrogen) atoms. The van der Waals surface area contributed by atoms with Gasteiger partial charge >= 0.3 is 11.9 Å². The van der Waals surface area contributed by atoms with Crippen LogP contribution in [0.3, 0.4) is 0 Å². The number of rotatable bonds is 75. The third-order valence-electron chi connectivity index (χ3n) is 17.7. The first-order chi connectivity index (χ1) is 47.6. The molecule has 0 spiro atoms. The highest BCUT2D eigenvalue weighted by Gasteiger charge is 2.22. The highest BCUT2D eigenvalue weighted by molar-refractivity contribution is 5.70. The van der Waals surface area contributed by atoms with E-state index in [2.05, 4.69) is 135 Å². The lowest BCUT2D eigenvalue weighted by atomic mass is 10.0. The van der Waals surface area contributed by atoms with Crippen molar-refractivity contribution in [2.75, 3.05) is 47.5 Å². The van der Waals surface area contributed by atoms with Crippen LogP contribution in [0.1, 0.15) is 361 Å². The summed E-state index contributed by atoms with van der Waals surface area (Å²) in [5, 5.41) is 11.9. The van der Waals surface area contributed by atoms with Gasteiger partial charge in [-0.15, -0.1) is 0 Å². The van der Waals surface area contributed by atoms with E-state index in [4.69, 9.17) is 18.9 Å². The van der Waals surface area contributed by atoms with Crippen LogP contribution in [-0.2, 0) is 33.3 Å². The van der Waals surface area contributed by atoms with Crippen molar-refractivity contribution in [3.63, 3.8) is 0 Å². The number of allylic oxidation sites excluding steroid dienone is 20. The number of unbranched alkanes of at least 4 members (excludes halogenated alkanes) is 40. The van der Waals surface area contributed by atoms with Gasteiger partial charge in [0, 0.05) is 12.8 Å². The molecule has 558 valence electrons. The minimum absolute atomic E-state index is 0.139. The molecule has 9 nitrogen and oxygen atoms in total. The van der Waals surface area contributed by atoms with E-state index in [-0.39, 0.29) is 38.6 Å². The highest BCUT2D eigenvalue weighted by Crippen LogP contribution is 2.19. The van der Waals surface area contributed by atoms with Gasteiger partial charge in [-0.05, 0) is 109 Å². The Bertz CT molecular complexity index is 2020. The summed E-state index contributed by atoms with van der Waals surface area (Å²) in [5.41, 5.74) is 0. The van der Waals surface area contributed by atoms with Crippen molar-refractivity contribution in [3.8, 4) is 0 Å². The molecule has 0 aromatic carbocycles. The van der Waals surface area contributed by atoms with Crippen LogP contribution in [0.4, 0.5) is 0 Å². The number of hydrogen-bond acceptors (Lipinski definition) is 8. The smallest absolute Gasteiger partial charge is 0.306 e. The lowest BCUT2D eigenvalue weighted by Gasteiger charge is -2.26. The van der Waals surface area contributed by atoms with Gasteiger partial charge in [0.05, 0.1) is 40.3 Å². The number of aliphatic carboxylic acids is 1. The predicted octanol–water partition coefficient (Wildman–Crippen LogP) is 24.9. The molecule has 0 heterocycles. The number of carboxylic acids is 1. The number of nitrogens with zero attached hydrogens (tertiary/aromatic N) is 1. The topological polar surface area (TPSA) is 111 Å². The maximum absolute atomic E-state index is 13.0. The number of carbonyl (C=O) groups is 3. The van der Waals surface area contributed by atoms with E-state index in [1.54, 1.807) is 0 Å². The Kier molecular flexibility index (Phi) is 74.0. The van der Waals surface area contributed by atoms with Crippen molar-refractivity contribution >= 4 is 17.9 Å². The number of hydrogen-bond donors (Lipinski definition) is 0. The number of carbonyl (C=O) groups excluding carboxylic acids is 3. The molecule has 2 unspecified atom stereocenters. The third-order valence-corrected chi connectivity index (χ3v) is 17.7. The van der Waals surface area contributed by atoms with Gasteiger partial charge in [0.2, 0.25) is 0 Å². The van der Waals surface area contributed by atoms with E-state index < -0.39 is 24.3 Å². The average molecular weight is 1350 g/mol. The number of esters is 2. The summed E-state index contributed by atoms with van der Waals surface area (Å²) in [6.45, 7) is 4.64. The Morgan fingerprint density at radius 3 is 0.887 bits per heavy atom. The first kappa shape index (κ1) is 92.7. The molecule has 0 aliphatic rings. The molecule has 0 saturated heterocycles. The molecular weight excluding hydrogens is 1200 g/mol. The molecule has 0 bridgehead atoms. The fourth-order valence-electron chi connectivity index (χ4n) is 11.5. The van der Waals surface area contributed by atoms with Crippen molar-refractivity contribution in [2.45, 2.75) is 373 Å². The molecular formula is C88H153NO8. The second-order valence-electron chi connectivity index (χ2n) is 28.3. The molecule has 0 rings (SSSR count). The summed E-state index contributed by atoms with van der Waals surface area (Å²) < 4.78 is 22.8. The maximum atomic E-state index is 13.0. The van der Waals surface area contributed by atoms with Crippen LogP contribution in [0.25, 0.3) is 0 Å². The quantitative estimate of drug-likeness (QED) is 0.0195. The molecule has 0 amide bonds. The molecule has 0 radical (unpaired) electrons. The number of carboxylic acid groups (broad SMARTS) is 1. The first-order valence-electron chi connectivity index (χ1n) is 40.7. The van der Waals surface area contributed by atoms with Crippen LogP contribution in [0, 0.1) is 0 Å². The van der Waals surface area contributed by atoms with Gasteiger partial charge in [0.15, 0.2) is 12.4 Å². The van der Waals surface area contributed by atoms with Gasteiger partial charge in [0.25, 0.3) is 0 Å². The summed E-state index contributed by atoms with van der Waals surface area (Å²) in [4.78, 5) is 37.6. The van der Waals surface area contributed by atoms with Gasteiger partial charge in [-0.2, -0.15) is 0 Å². The van der Waals surface area contributed by atoms with Gasteiger partial charge in [-0.3, -0.25) is 9.59 Å². The normalized spacial score (nSPS) is 13.3. The zero-order valence-corrected chi connectivity index (χ0v) is 63.9.